The summed E-state index contributed by atoms with van der Waals surface area (Å²) >= 11 is 1.75. The van der Waals surface area contributed by atoms with Gasteiger partial charge in [-0.05, 0) is 36.5 Å². The predicted molar refractivity (Wildman–Crippen MR) is 85.1 cm³/mol. The zero-order valence-corrected chi connectivity index (χ0v) is 13.6. The summed E-state index contributed by atoms with van der Waals surface area (Å²) in [7, 11) is 0. The molecule has 20 heavy (non-hydrogen) atoms. The van der Waals surface area contributed by atoms with E-state index in [2.05, 4.69) is 5.32 Å². The zero-order chi connectivity index (χ0) is 14.5. The molecule has 108 valence electrons. The Kier molecular flexibility index (Phi) is 5.39. The molecule has 1 aliphatic rings. The molecule has 0 unspecified atom stereocenters. The van der Waals surface area contributed by atoms with Crippen LogP contribution in [-0.4, -0.2) is 11.8 Å². The van der Waals surface area contributed by atoms with E-state index in [1.807, 2.05) is 18.2 Å². The van der Waals surface area contributed by atoms with Gasteiger partial charge >= 0.3 is 0 Å². The molecule has 5 heteroatoms. The summed E-state index contributed by atoms with van der Waals surface area (Å²) in [5, 5.41) is 2.30. The van der Waals surface area contributed by atoms with E-state index in [9.17, 15) is 9.59 Å². The number of halogens is 1. The summed E-state index contributed by atoms with van der Waals surface area (Å²) in [6.07, 6.45) is 6.11. The molecule has 1 fully saturated rings. The van der Waals surface area contributed by atoms with E-state index in [1.54, 1.807) is 23.0 Å². The fourth-order valence-electron chi connectivity index (χ4n) is 2.71. The molecule has 1 aliphatic carbocycles. The molecule has 0 radical (unpaired) electrons. The van der Waals surface area contributed by atoms with E-state index in [4.69, 9.17) is 3.07 Å². The Morgan fingerprint density at radius 3 is 2.55 bits per heavy atom. The first kappa shape index (κ1) is 15.3. The first-order chi connectivity index (χ1) is 9.61. The lowest BCUT2D eigenvalue weighted by Crippen LogP contribution is -2.28. The summed E-state index contributed by atoms with van der Waals surface area (Å²) in [6, 6.07) is 5.70. The molecule has 1 aromatic rings. The third-order valence-electron chi connectivity index (χ3n) is 3.70. The van der Waals surface area contributed by atoms with Crippen LogP contribution in [0.15, 0.2) is 18.2 Å². The first-order valence-electron chi connectivity index (χ1n) is 6.86. The highest BCUT2D eigenvalue weighted by atomic mass is 127. The minimum atomic E-state index is -0.401. The SMILES string of the molecule is CC(=O)NC(=O)c1cc(C2CCCCC2)ccc1OI. The minimum absolute atomic E-state index is 0.363. The number of rotatable bonds is 3. The molecule has 1 saturated carbocycles. The third kappa shape index (κ3) is 3.71. The number of hydrogen-bond acceptors (Lipinski definition) is 3. The lowest BCUT2D eigenvalue weighted by molar-refractivity contribution is -0.118. The fourth-order valence-corrected chi connectivity index (χ4v) is 3.09. The minimum Gasteiger partial charge on any atom is -0.427 e. The van der Waals surface area contributed by atoms with Gasteiger partial charge in [0.25, 0.3) is 5.91 Å². The Balaban J connectivity index is 2.27. The molecule has 1 N–H and O–H groups in total. The highest BCUT2D eigenvalue weighted by Gasteiger charge is 2.20. The van der Waals surface area contributed by atoms with Crippen LogP contribution in [0.25, 0.3) is 0 Å². The third-order valence-corrected chi connectivity index (χ3v) is 4.17. The monoisotopic (exact) mass is 387 g/mol. The molecule has 2 rings (SSSR count). The van der Waals surface area contributed by atoms with Gasteiger partial charge in [0.05, 0.1) is 5.56 Å². The molecule has 0 bridgehead atoms. The van der Waals surface area contributed by atoms with Gasteiger partial charge in [0, 0.05) is 6.92 Å². The van der Waals surface area contributed by atoms with E-state index in [0.29, 0.717) is 17.2 Å². The van der Waals surface area contributed by atoms with Crippen LogP contribution >= 0.6 is 23.0 Å². The Bertz CT molecular complexity index is 510. The van der Waals surface area contributed by atoms with Crippen molar-refractivity contribution in [2.24, 2.45) is 0 Å². The second kappa shape index (κ2) is 7.06. The number of amides is 2. The average Bonchev–Trinajstić information content (AvgIpc) is 2.46. The van der Waals surface area contributed by atoms with Gasteiger partial charge in [0.1, 0.15) is 5.75 Å². The van der Waals surface area contributed by atoms with Crippen LogP contribution in [-0.2, 0) is 4.79 Å². The standard InChI is InChI=1S/C15H18INO3/c1-10(18)17-15(19)13-9-12(7-8-14(13)20-16)11-5-3-2-4-6-11/h7-9,11H,2-6H2,1H3,(H,17,18,19). The number of carbonyl (C=O) groups excluding carboxylic acids is 2. The van der Waals surface area contributed by atoms with Gasteiger partial charge in [0.15, 0.2) is 23.0 Å². The van der Waals surface area contributed by atoms with Gasteiger partial charge in [-0.3, -0.25) is 14.9 Å². The van der Waals surface area contributed by atoms with Crippen molar-refractivity contribution >= 4 is 34.8 Å². The van der Waals surface area contributed by atoms with Crippen molar-refractivity contribution < 1.29 is 12.7 Å². The molecule has 1 aromatic carbocycles. The number of nitrogens with one attached hydrogen (secondary N) is 1. The molecule has 0 saturated heterocycles. The van der Waals surface area contributed by atoms with E-state index >= 15 is 0 Å². The number of imide groups is 1. The highest BCUT2D eigenvalue weighted by Crippen LogP contribution is 2.35. The Hall–Kier alpha value is -1.11. The maximum atomic E-state index is 12.1. The van der Waals surface area contributed by atoms with Gasteiger partial charge in [-0.2, -0.15) is 0 Å². The van der Waals surface area contributed by atoms with Crippen LogP contribution in [0, 0.1) is 0 Å². The van der Waals surface area contributed by atoms with Crippen LogP contribution in [0.4, 0.5) is 0 Å². The summed E-state index contributed by atoms with van der Waals surface area (Å²) in [5.41, 5.74) is 1.59. The molecule has 0 spiro atoms. The molecule has 0 heterocycles. The van der Waals surface area contributed by atoms with E-state index < -0.39 is 5.91 Å². The van der Waals surface area contributed by atoms with E-state index in [1.165, 1.54) is 26.2 Å². The number of hydrogen-bond donors (Lipinski definition) is 1. The Morgan fingerprint density at radius 1 is 1.25 bits per heavy atom. The molecular formula is C15H18INO3. The van der Waals surface area contributed by atoms with Crippen molar-refractivity contribution in [3.05, 3.63) is 29.3 Å². The Morgan fingerprint density at radius 2 is 1.95 bits per heavy atom. The largest absolute Gasteiger partial charge is 0.427 e. The summed E-state index contributed by atoms with van der Waals surface area (Å²) in [6.45, 7) is 1.33. The predicted octanol–water partition coefficient (Wildman–Crippen LogP) is 3.74. The van der Waals surface area contributed by atoms with Gasteiger partial charge in [-0.15, -0.1) is 0 Å². The fraction of sp³-hybridized carbons (Fsp3) is 0.467. The lowest BCUT2D eigenvalue weighted by Gasteiger charge is -2.22. The van der Waals surface area contributed by atoms with E-state index in [0.717, 1.165) is 18.4 Å². The second-order valence-electron chi connectivity index (χ2n) is 5.18. The maximum absolute atomic E-state index is 12.1. The van der Waals surface area contributed by atoms with Crippen LogP contribution in [0.1, 0.15) is 60.9 Å². The Labute approximate surface area is 133 Å². The van der Waals surface area contributed by atoms with Crippen LogP contribution in [0.5, 0.6) is 5.75 Å². The van der Waals surface area contributed by atoms with Gasteiger partial charge in [-0.1, -0.05) is 25.3 Å². The highest BCUT2D eigenvalue weighted by molar-refractivity contribution is 14.1. The summed E-state index contributed by atoms with van der Waals surface area (Å²) in [4.78, 5) is 23.1. The second-order valence-corrected chi connectivity index (χ2v) is 5.62. The summed E-state index contributed by atoms with van der Waals surface area (Å²) < 4.78 is 5.19. The van der Waals surface area contributed by atoms with Crippen molar-refractivity contribution in [2.45, 2.75) is 44.9 Å². The maximum Gasteiger partial charge on any atom is 0.261 e. The molecule has 0 aromatic heterocycles. The molecule has 0 atom stereocenters. The average molecular weight is 387 g/mol. The smallest absolute Gasteiger partial charge is 0.261 e. The van der Waals surface area contributed by atoms with Crippen molar-refractivity contribution in [2.75, 3.05) is 0 Å². The topological polar surface area (TPSA) is 55.4 Å². The van der Waals surface area contributed by atoms with Gasteiger partial charge in [0.2, 0.25) is 5.91 Å². The van der Waals surface area contributed by atoms with Gasteiger partial charge in [-0.25, -0.2) is 0 Å². The van der Waals surface area contributed by atoms with Crippen LogP contribution < -0.4 is 8.38 Å². The van der Waals surface area contributed by atoms with Crippen molar-refractivity contribution in [3.8, 4) is 5.75 Å². The van der Waals surface area contributed by atoms with Crippen LogP contribution in [0.3, 0.4) is 0 Å². The number of benzene rings is 1. The van der Waals surface area contributed by atoms with Crippen LogP contribution in [0.2, 0.25) is 0 Å². The molecule has 4 nitrogen and oxygen atoms in total. The quantitative estimate of drug-likeness (QED) is 0.805. The zero-order valence-electron chi connectivity index (χ0n) is 11.4. The number of carbonyl (C=O) groups is 2. The van der Waals surface area contributed by atoms with Crippen molar-refractivity contribution in [1.29, 1.82) is 0 Å². The first-order valence-corrected chi connectivity index (χ1v) is 7.74. The molecule has 0 aliphatic heterocycles. The molecular weight excluding hydrogens is 369 g/mol. The summed E-state index contributed by atoms with van der Waals surface area (Å²) in [5.74, 6) is 0.235. The normalized spacial score (nSPS) is 15.7. The van der Waals surface area contributed by atoms with Gasteiger partial charge < -0.3 is 3.07 Å². The lowest BCUT2D eigenvalue weighted by atomic mass is 9.83. The van der Waals surface area contributed by atoms with Crippen molar-refractivity contribution in [3.63, 3.8) is 0 Å². The molecule has 2 amide bonds. The van der Waals surface area contributed by atoms with E-state index in [-0.39, 0.29) is 5.91 Å². The van der Waals surface area contributed by atoms with Crippen molar-refractivity contribution in [1.82, 2.24) is 5.32 Å².